The van der Waals surface area contributed by atoms with Crippen LogP contribution in [0.1, 0.15) is 28.5 Å². The summed E-state index contributed by atoms with van der Waals surface area (Å²) >= 11 is 0. The third-order valence-electron chi connectivity index (χ3n) is 4.09. The summed E-state index contributed by atoms with van der Waals surface area (Å²) in [5.74, 6) is -0.0342. The number of hydrogen-bond donors (Lipinski definition) is 0. The molecule has 0 N–H and O–H groups in total. The molecule has 6 nitrogen and oxygen atoms in total. The van der Waals surface area contributed by atoms with E-state index in [1.807, 2.05) is 17.9 Å². The molecule has 0 radical (unpaired) electrons. The predicted molar refractivity (Wildman–Crippen MR) is 81.7 cm³/mol. The van der Waals surface area contributed by atoms with Crippen molar-refractivity contribution in [2.75, 3.05) is 13.1 Å². The molecule has 1 aliphatic rings. The molecule has 0 saturated heterocycles. The number of carbonyl (C=O) groups is 1. The molecule has 3 heterocycles. The summed E-state index contributed by atoms with van der Waals surface area (Å²) in [6.07, 6.45) is 4.47. The van der Waals surface area contributed by atoms with Gasteiger partial charge in [0, 0.05) is 37.8 Å². The van der Waals surface area contributed by atoms with E-state index in [2.05, 4.69) is 10.2 Å². The van der Waals surface area contributed by atoms with Crippen LogP contribution < -0.4 is 5.56 Å². The molecule has 0 atom stereocenters. The van der Waals surface area contributed by atoms with E-state index >= 15 is 0 Å². The standard InChI is InChI=1S/C16H18N4O2/c1-2-20-14-7-10-19(9-6-12(14)3-4-15(20)21)16(22)13-5-8-17-18-11-13/h3-5,8,11H,2,6-7,9-10H2,1H3. The minimum Gasteiger partial charge on any atom is -0.338 e. The van der Waals surface area contributed by atoms with Gasteiger partial charge < -0.3 is 9.47 Å². The van der Waals surface area contributed by atoms with Gasteiger partial charge >= 0.3 is 0 Å². The molecule has 0 bridgehead atoms. The third-order valence-corrected chi connectivity index (χ3v) is 4.09. The molecule has 0 saturated carbocycles. The maximum Gasteiger partial charge on any atom is 0.255 e. The number of amides is 1. The van der Waals surface area contributed by atoms with Crippen LogP contribution in [0.5, 0.6) is 0 Å². The third kappa shape index (κ3) is 2.64. The highest BCUT2D eigenvalue weighted by atomic mass is 16.2. The maximum absolute atomic E-state index is 12.5. The van der Waals surface area contributed by atoms with Gasteiger partial charge in [-0.15, -0.1) is 0 Å². The first kappa shape index (κ1) is 14.4. The number of aromatic nitrogens is 3. The maximum atomic E-state index is 12.5. The highest BCUT2D eigenvalue weighted by Crippen LogP contribution is 2.16. The molecule has 1 amide bonds. The normalized spacial score (nSPS) is 14.3. The van der Waals surface area contributed by atoms with Crippen molar-refractivity contribution in [2.24, 2.45) is 0 Å². The largest absolute Gasteiger partial charge is 0.338 e. The zero-order chi connectivity index (χ0) is 15.5. The van der Waals surface area contributed by atoms with Gasteiger partial charge in [-0.1, -0.05) is 6.07 Å². The SMILES string of the molecule is CCn1c2c(ccc1=O)CCN(C(=O)c1ccnnc1)CC2. The average Bonchev–Trinajstić information content (AvgIpc) is 2.77. The number of hydrogen-bond acceptors (Lipinski definition) is 4. The van der Waals surface area contributed by atoms with Crippen LogP contribution in [-0.2, 0) is 19.4 Å². The second kappa shape index (κ2) is 6.09. The molecule has 0 unspecified atom stereocenters. The summed E-state index contributed by atoms with van der Waals surface area (Å²) in [7, 11) is 0. The Kier molecular flexibility index (Phi) is 4.00. The first-order valence-electron chi connectivity index (χ1n) is 7.48. The first-order chi connectivity index (χ1) is 10.7. The van der Waals surface area contributed by atoms with Crippen LogP contribution in [0.15, 0.2) is 35.4 Å². The quantitative estimate of drug-likeness (QED) is 0.826. The lowest BCUT2D eigenvalue weighted by Gasteiger charge is -2.20. The summed E-state index contributed by atoms with van der Waals surface area (Å²) in [4.78, 5) is 26.3. The Labute approximate surface area is 128 Å². The van der Waals surface area contributed by atoms with Crippen LogP contribution >= 0.6 is 0 Å². The van der Waals surface area contributed by atoms with E-state index in [9.17, 15) is 9.59 Å². The summed E-state index contributed by atoms with van der Waals surface area (Å²) in [5.41, 5.74) is 2.79. The molecule has 0 aromatic carbocycles. The average molecular weight is 298 g/mol. The Hall–Kier alpha value is -2.50. The second-order valence-corrected chi connectivity index (χ2v) is 5.31. The van der Waals surface area contributed by atoms with Gasteiger partial charge in [0.05, 0.1) is 18.0 Å². The topological polar surface area (TPSA) is 68.1 Å². The van der Waals surface area contributed by atoms with Gasteiger partial charge in [-0.25, -0.2) is 0 Å². The van der Waals surface area contributed by atoms with Gasteiger partial charge in [-0.2, -0.15) is 10.2 Å². The molecule has 1 aliphatic heterocycles. The Balaban J connectivity index is 1.85. The van der Waals surface area contributed by atoms with Crippen molar-refractivity contribution < 1.29 is 4.79 Å². The molecule has 0 fully saturated rings. The van der Waals surface area contributed by atoms with Crippen LogP contribution in [0.4, 0.5) is 0 Å². The summed E-state index contributed by atoms with van der Waals surface area (Å²) < 4.78 is 1.80. The summed E-state index contributed by atoms with van der Waals surface area (Å²) in [6, 6.07) is 5.19. The lowest BCUT2D eigenvalue weighted by molar-refractivity contribution is 0.0762. The van der Waals surface area contributed by atoms with Gasteiger partial charge in [0.25, 0.3) is 11.5 Å². The molecule has 6 heteroatoms. The molecule has 3 rings (SSSR count). The Morgan fingerprint density at radius 1 is 1.18 bits per heavy atom. The zero-order valence-corrected chi connectivity index (χ0v) is 12.5. The molecule has 114 valence electrons. The molecule has 2 aromatic heterocycles. The second-order valence-electron chi connectivity index (χ2n) is 5.31. The summed E-state index contributed by atoms with van der Waals surface area (Å²) in [5, 5.41) is 7.46. The lowest BCUT2D eigenvalue weighted by Crippen LogP contribution is -2.33. The fourth-order valence-corrected chi connectivity index (χ4v) is 2.95. The predicted octanol–water partition coefficient (Wildman–Crippen LogP) is 0.899. The van der Waals surface area contributed by atoms with Gasteiger partial charge in [0.1, 0.15) is 0 Å². The molecule has 0 spiro atoms. The van der Waals surface area contributed by atoms with Gasteiger partial charge in [0.2, 0.25) is 0 Å². The fourth-order valence-electron chi connectivity index (χ4n) is 2.95. The van der Waals surface area contributed by atoms with Crippen LogP contribution in [0.25, 0.3) is 0 Å². The van der Waals surface area contributed by atoms with Crippen LogP contribution in [-0.4, -0.2) is 38.7 Å². The Morgan fingerprint density at radius 3 is 2.73 bits per heavy atom. The van der Waals surface area contributed by atoms with E-state index in [1.165, 1.54) is 12.4 Å². The zero-order valence-electron chi connectivity index (χ0n) is 12.5. The minimum absolute atomic E-state index is 0.0272. The number of fused-ring (bicyclic) bond motifs is 1. The van der Waals surface area contributed by atoms with Crippen LogP contribution in [0, 0.1) is 0 Å². The van der Waals surface area contributed by atoms with Crippen LogP contribution in [0.2, 0.25) is 0 Å². The Bertz CT molecular complexity index is 740. The molecular weight excluding hydrogens is 280 g/mol. The molecular formula is C16H18N4O2. The van der Waals surface area contributed by atoms with Crippen molar-refractivity contribution in [3.8, 4) is 0 Å². The number of nitrogens with zero attached hydrogens (tertiary/aromatic N) is 4. The first-order valence-corrected chi connectivity index (χ1v) is 7.48. The minimum atomic E-state index is -0.0342. The van der Waals surface area contributed by atoms with E-state index in [0.717, 1.165) is 17.7 Å². The van der Waals surface area contributed by atoms with E-state index in [-0.39, 0.29) is 11.5 Å². The lowest BCUT2D eigenvalue weighted by atomic mass is 10.1. The highest BCUT2D eigenvalue weighted by Gasteiger charge is 2.21. The van der Waals surface area contributed by atoms with Crippen molar-refractivity contribution in [3.05, 3.63) is 57.8 Å². The number of rotatable bonds is 2. The monoisotopic (exact) mass is 298 g/mol. The van der Waals surface area contributed by atoms with Gasteiger partial charge in [0.15, 0.2) is 0 Å². The molecule has 0 aliphatic carbocycles. The van der Waals surface area contributed by atoms with Crippen molar-refractivity contribution in [2.45, 2.75) is 26.3 Å². The summed E-state index contributed by atoms with van der Waals surface area (Å²) in [6.45, 7) is 3.88. The van der Waals surface area contributed by atoms with Crippen molar-refractivity contribution in [3.63, 3.8) is 0 Å². The van der Waals surface area contributed by atoms with E-state index in [4.69, 9.17) is 0 Å². The van der Waals surface area contributed by atoms with Crippen molar-refractivity contribution >= 4 is 5.91 Å². The smallest absolute Gasteiger partial charge is 0.255 e. The van der Waals surface area contributed by atoms with Crippen molar-refractivity contribution in [1.29, 1.82) is 0 Å². The molecule has 22 heavy (non-hydrogen) atoms. The van der Waals surface area contributed by atoms with E-state index < -0.39 is 0 Å². The van der Waals surface area contributed by atoms with E-state index in [1.54, 1.807) is 16.7 Å². The fraction of sp³-hybridized carbons (Fsp3) is 0.375. The Morgan fingerprint density at radius 2 is 2.00 bits per heavy atom. The molecule has 2 aromatic rings. The van der Waals surface area contributed by atoms with Crippen LogP contribution in [0.3, 0.4) is 0 Å². The number of carbonyl (C=O) groups excluding carboxylic acids is 1. The van der Waals surface area contributed by atoms with Gasteiger partial charge in [-0.3, -0.25) is 9.59 Å². The van der Waals surface area contributed by atoms with Crippen molar-refractivity contribution in [1.82, 2.24) is 19.7 Å². The number of pyridine rings is 1. The highest BCUT2D eigenvalue weighted by molar-refractivity contribution is 5.93. The van der Waals surface area contributed by atoms with Gasteiger partial charge in [-0.05, 0) is 25.0 Å². The van der Waals surface area contributed by atoms with E-state index in [0.29, 0.717) is 31.6 Å².